The molecule has 2 amide bonds. The molecule has 10 nitrogen and oxygen atoms in total. The van der Waals surface area contributed by atoms with Gasteiger partial charge < -0.3 is 20.6 Å². The van der Waals surface area contributed by atoms with E-state index >= 15 is 0 Å². The Morgan fingerprint density at radius 1 is 0.847 bits per heavy atom. The molecule has 0 bridgehead atoms. The summed E-state index contributed by atoms with van der Waals surface area (Å²) < 4.78 is 6.74. The van der Waals surface area contributed by atoms with Crippen molar-refractivity contribution in [3.63, 3.8) is 0 Å². The fourth-order valence-electron chi connectivity index (χ4n) is 7.61. The maximum absolute atomic E-state index is 14.3. The van der Waals surface area contributed by atoms with Crippen molar-refractivity contribution in [2.45, 2.75) is 22.9 Å². The van der Waals surface area contributed by atoms with Gasteiger partial charge in [-0.15, -0.1) is 11.8 Å². The van der Waals surface area contributed by atoms with Crippen LogP contribution in [-0.4, -0.2) is 62.1 Å². The number of thiazole rings is 1. The minimum atomic E-state index is -0.969. The lowest BCUT2D eigenvalue weighted by molar-refractivity contribution is -0.154. The molecule has 3 N–H and O–H groups in total. The lowest BCUT2D eigenvalue weighted by Gasteiger charge is -2.49. The molecule has 59 heavy (non-hydrogen) atoms. The number of fused-ring (bicyclic) bond motifs is 1. The average molecular weight is 932 g/mol. The number of thioether (sulfide) groups is 1. The van der Waals surface area contributed by atoms with Crippen LogP contribution in [0.4, 0.5) is 5.00 Å². The molecule has 1 saturated heterocycles. The van der Waals surface area contributed by atoms with E-state index in [-0.39, 0.29) is 22.1 Å². The van der Waals surface area contributed by atoms with Crippen molar-refractivity contribution in [2.24, 2.45) is 5.16 Å². The minimum Gasteiger partial charge on any atom is -0.448 e. The van der Waals surface area contributed by atoms with Gasteiger partial charge in [0, 0.05) is 10.2 Å². The number of nitrogens with one attached hydrogen (secondary N) is 1. The molecule has 3 heterocycles. The Morgan fingerprint density at radius 2 is 1.34 bits per heavy atom. The van der Waals surface area contributed by atoms with Crippen molar-refractivity contribution in [3.05, 3.63) is 201 Å². The van der Waals surface area contributed by atoms with Crippen LogP contribution >= 0.6 is 45.7 Å². The minimum absolute atomic E-state index is 0.126. The lowest BCUT2D eigenvalue weighted by Crippen LogP contribution is -2.71. The van der Waals surface area contributed by atoms with Gasteiger partial charge in [-0.25, -0.2) is 9.78 Å². The molecule has 13 heteroatoms. The summed E-state index contributed by atoms with van der Waals surface area (Å²) in [5, 5.41) is 7.29. The zero-order valence-electron chi connectivity index (χ0n) is 31.7. The maximum atomic E-state index is 14.3. The maximum Gasteiger partial charge on any atom is 0.356 e. The van der Waals surface area contributed by atoms with Crippen LogP contribution in [0.25, 0.3) is 0 Å². The number of β-lactam (4-membered cyclic amide) rings is 1. The molecular formula is C46H38IN5O5S2. The Balaban J connectivity index is 1.09. The van der Waals surface area contributed by atoms with E-state index in [9.17, 15) is 14.4 Å². The number of halogens is 1. The van der Waals surface area contributed by atoms with Gasteiger partial charge in [0.05, 0.1) is 5.41 Å². The van der Waals surface area contributed by atoms with Gasteiger partial charge in [-0.1, -0.05) is 191 Å². The fraction of sp³-hybridized carbons (Fsp3) is 0.152. The molecule has 1 fully saturated rings. The first-order valence-corrected chi connectivity index (χ1v) is 22.1. The van der Waals surface area contributed by atoms with Crippen molar-refractivity contribution in [2.75, 3.05) is 23.0 Å². The van der Waals surface area contributed by atoms with Gasteiger partial charge in [-0.2, -0.15) is 0 Å². The highest BCUT2D eigenvalue weighted by Gasteiger charge is 2.55. The van der Waals surface area contributed by atoms with E-state index in [0.717, 1.165) is 33.4 Å². The summed E-state index contributed by atoms with van der Waals surface area (Å²) in [6, 6.07) is 48.1. The molecule has 0 spiro atoms. The number of aromatic nitrogens is 1. The van der Waals surface area contributed by atoms with E-state index in [4.69, 9.17) is 20.3 Å². The topological polar surface area (TPSA) is 136 Å². The Bertz CT molecular complexity index is 2390. The van der Waals surface area contributed by atoms with Gasteiger partial charge in [0.1, 0.15) is 39.9 Å². The highest BCUT2D eigenvalue weighted by molar-refractivity contribution is 14.1. The van der Waals surface area contributed by atoms with Gasteiger partial charge in [0.15, 0.2) is 11.8 Å². The predicted octanol–water partition coefficient (Wildman–Crippen LogP) is 7.88. The second kappa shape index (κ2) is 17.6. The van der Waals surface area contributed by atoms with Crippen LogP contribution in [0.1, 0.15) is 44.6 Å². The third-order valence-corrected chi connectivity index (χ3v) is 13.6. The number of hydrogen-bond donors (Lipinski definition) is 2. The molecule has 2 aliphatic heterocycles. The largest absolute Gasteiger partial charge is 0.448 e. The van der Waals surface area contributed by atoms with Crippen LogP contribution in [0.3, 0.4) is 0 Å². The summed E-state index contributed by atoms with van der Waals surface area (Å²) in [6.07, 6.45) is -0.696. The van der Waals surface area contributed by atoms with Gasteiger partial charge in [0.2, 0.25) is 0 Å². The number of alkyl halides is 1. The molecule has 6 aromatic rings. The van der Waals surface area contributed by atoms with E-state index in [2.05, 4.69) is 69.5 Å². The number of esters is 1. The van der Waals surface area contributed by atoms with Crippen LogP contribution in [-0.2, 0) is 29.4 Å². The average Bonchev–Trinajstić information content (AvgIpc) is 3.68. The monoisotopic (exact) mass is 931 g/mol. The van der Waals surface area contributed by atoms with Gasteiger partial charge >= 0.3 is 5.97 Å². The smallest absolute Gasteiger partial charge is 0.356 e. The van der Waals surface area contributed by atoms with Crippen LogP contribution in [0.5, 0.6) is 0 Å². The molecule has 2 aliphatic rings. The predicted molar refractivity (Wildman–Crippen MR) is 240 cm³/mol. The van der Waals surface area contributed by atoms with E-state index in [1.165, 1.54) is 35.1 Å². The van der Waals surface area contributed by atoms with Gasteiger partial charge in [-0.05, 0) is 33.4 Å². The van der Waals surface area contributed by atoms with E-state index < -0.39 is 40.7 Å². The van der Waals surface area contributed by atoms with Crippen molar-refractivity contribution in [1.82, 2.24) is 15.2 Å². The van der Waals surface area contributed by atoms with E-state index in [1.54, 1.807) is 0 Å². The summed E-state index contributed by atoms with van der Waals surface area (Å²) in [4.78, 5) is 54.2. The Morgan fingerprint density at radius 3 is 1.81 bits per heavy atom. The number of nitrogens with two attached hydrogens (primary N) is 1. The number of oxime groups is 1. The molecule has 0 saturated carbocycles. The fourth-order valence-corrected chi connectivity index (χ4v) is 11.0. The zero-order valence-corrected chi connectivity index (χ0v) is 35.5. The molecule has 1 aromatic heterocycles. The summed E-state index contributed by atoms with van der Waals surface area (Å²) >= 11 is 4.92. The molecule has 5 aromatic carbocycles. The molecular weight excluding hydrogens is 894 g/mol. The SMILES string of the molecule is CO/N=C(\C(=O)NC1C(=O)N2C(C(=O)OC(c3ccccc3)c3ccccc3)=C(CI)CS[C@H]12)c1nc(C(c2ccccc2)(c2ccccc2)c2ccccc2)sc1N. The number of carbonyl (C=O) groups is 3. The van der Waals surface area contributed by atoms with Crippen molar-refractivity contribution >= 4 is 74.2 Å². The van der Waals surface area contributed by atoms with Crippen LogP contribution in [0, 0.1) is 0 Å². The summed E-state index contributed by atoms with van der Waals surface area (Å²) in [5.41, 5.74) is 11.2. The molecule has 296 valence electrons. The van der Waals surface area contributed by atoms with Crippen LogP contribution < -0.4 is 11.1 Å². The number of ether oxygens (including phenoxy) is 1. The first-order valence-electron chi connectivity index (χ1n) is 18.8. The summed E-state index contributed by atoms with van der Waals surface area (Å²) in [6.45, 7) is 0. The van der Waals surface area contributed by atoms with E-state index in [0.29, 0.717) is 15.2 Å². The summed E-state index contributed by atoms with van der Waals surface area (Å²) in [7, 11) is 1.33. The number of carbonyl (C=O) groups excluding carboxylic acids is 3. The normalized spacial score (nSPS) is 16.6. The summed E-state index contributed by atoms with van der Waals surface area (Å²) in [5.74, 6) is -1.28. The lowest BCUT2D eigenvalue weighted by atomic mass is 9.70. The second-order valence-electron chi connectivity index (χ2n) is 13.8. The van der Waals surface area contributed by atoms with Gasteiger partial charge in [-0.3, -0.25) is 14.5 Å². The Kier molecular flexibility index (Phi) is 11.9. The molecule has 0 radical (unpaired) electrons. The van der Waals surface area contributed by atoms with Crippen molar-refractivity contribution < 1.29 is 24.0 Å². The standard InChI is InChI=1S/C46H38IN5O5S2/c1-56-51-36(35-40(48)59-45(50-35)46(32-21-11-4-12-22-32,33-23-13-5-14-24-33)34-25-15-6-16-26-34)41(53)49-37-42(54)52-38(31(27-47)28-58-43(37)52)44(55)57-39(29-17-7-2-8-18-29)30-19-9-3-10-20-30/h2-26,37,39,43H,27-28,48H2,1H3,(H,49,53)/b51-36-/t37?,43-/m1/s1. The van der Waals surface area contributed by atoms with E-state index in [1.807, 2.05) is 115 Å². The molecule has 0 aliphatic carbocycles. The highest BCUT2D eigenvalue weighted by Crippen LogP contribution is 2.48. The number of hydrogen-bond acceptors (Lipinski definition) is 10. The van der Waals surface area contributed by atoms with Crippen LogP contribution in [0.15, 0.2) is 168 Å². The van der Waals surface area contributed by atoms with Gasteiger partial charge in [0.25, 0.3) is 11.8 Å². The van der Waals surface area contributed by atoms with Crippen molar-refractivity contribution in [1.29, 1.82) is 0 Å². The zero-order chi connectivity index (χ0) is 40.9. The quantitative estimate of drug-likeness (QED) is 0.0227. The molecule has 8 rings (SSSR count). The number of nitrogen functional groups attached to an aromatic ring is 1. The second-order valence-corrected chi connectivity index (χ2v) is 16.7. The number of rotatable bonds is 13. The number of amides is 2. The Labute approximate surface area is 363 Å². The third kappa shape index (κ3) is 7.54. The third-order valence-electron chi connectivity index (χ3n) is 10.3. The van der Waals surface area contributed by atoms with Crippen molar-refractivity contribution in [3.8, 4) is 0 Å². The van der Waals surface area contributed by atoms with Crippen LogP contribution in [0.2, 0.25) is 0 Å². The number of anilines is 1. The highest BCUT2D eigenvalue weighted by atomic mass is 127. The Hall–Kier alpha value is -5.77. The number of nitrogens with zero attached hydrogens (tertiary/aromatic N) is 3. The molecule has 1 unspecified atom stereocenters. The molecule has 2 atom stereocenters. The number of benzene rings is 5. The first-order chi connectivity index (χ1) is 28.9. The first kappa shape index (κ1) is 40.0.